The molecule has 1 aliphatic heterocycles. The molecule has 0 spiro atoms. The number of rotatable bonds is 3. The molecule has 0 aliphatic carbocycles. The molecule has 0 atom stereocenters. The standard InChI is InChI=1S/C9H14N4O3.C3Cl3N3.ClH/c1-14-8-10-7(11-9(12-8)15-2)13-3-5-16-6-4-13;4-1-7-2(5)9-3(6)8-1;/h3-6H2,1-2H3;;1H. The van der Waals surface area contributed by atoms with E-state index in [2.05, 4.69) is 29.9 Å². The van der Waals surface area contributed by atoms with Crippen LogP contribution >= 0.6 is 47.2 Å². The minimum absolute atomic E-state index is 0. The molecule has 0 radical (unpaired) electrons. The van der Waals surface area contributed by atoms with Crippen molar-refractivity contribution in [3.05, 3.63) is 15.9 Å². The fraction of sp³-hybridized carbons (Fsp3) is 0.500. The van der Waals surface area contributed by atoms with Crippen LogP contribution in [-0.2, 0) is 4.74 Å². The van der Waals surface area contributed by atoms with Gasteiger partial charge in [0.2, 0.25) is 21.8 Å². The van der Waals surface area contributed by atoms with Crippen molar-refractivity contribution in [2.24, 2.45) is 0 Å². The van der Waals surface area contributed by atoms with Crippen LogP contribution in [0.2, 0.25) is 15.9 Å². The summed E-state index contributed by atoms with van der Waals surface area (Å²) >= 11 is 16.0. The normalized spacial score (nSPS) is 13.2. The van der Waals surface area contributed by atoms with E-state index in [0.29, 0.717) is 19.2 Å². The number of hydrogen-bond donors (Lipinski definition) is 0. The number of hydrogen-bond acceptors (Lipinski definition) is 10. The Hall–Kier alpha value is -1.46. The van der Waals surface area contributed by atoms with Crippen molar-refractivity contribution in [2.45, 2.75) is 0 Å². The second-order valence-corrected chi connectivity index (χ2v) is 5.36. The number of halogens is 4. The molecule has 14 heteroatoms. The van der Waals surface area contributed by atoms with Crippen LogP contribution in [0.25, 0.3) is 0 Å². The van der Waals surface area contributed by atoms with Crippen molar-refractivity contribution in [3.63, 3.8) is 0 Å². The summed E-state index contributed by atoms with van der Waals surface area (Å²) in [5, 5.41) is 0.00000000000000178. The highest BCUT2D eigenvalue weighted by Crippen LogP contribution is 2.16. The van der Waals surface area contributed by atoms with Gasteiger partial charge in [0, 0.05) is 13.1 Å². The maximum atomic E-state index is 5.32. The number of morpholine rings is 1. The molecule has 0 amide bonds. The Labute approximate surface area is 170 Å². The smallest absolute Gasteiger partial charge is 0.324 e. The van der Waals surface area contributed by atoms with E-state index in [9.17, 15) is 0 Å². The third kappa shape index (κ3) is 7.04. The van der Waals surface area contributed by atoms with Gasteiger partial charge in [-0.3, -0.25) is 0 Å². The van der Waals surface area contributed by atoms with Gasteiger partial charge in [-0.05, 0) is 34.8 Å². The summed E-state index contributed by atoms with van der Waals surface area (Å²) in [6.45, 7) is 2.87. The summed E-state index contributed by atoms with van der Waals surface area (Å²) in [6, 6.07) is 0.515. The molecule has 0 unspecified atom stereocenters. The lowest BCUT2D eigenvalue weighted by molar-refractivity contribution is 0.121. The average Bonchev–Trinajstić information content (AvgIpc) is 2.61. The largest absolute Gasteiger partial charge is 0.467 e. The van der Waals surface area contributed by atoms with Gasteiger partial charge < -0.3 is 19.1 Å². The van der Waals surface area contributed by atoms with Crippen LogP contribution in [0.1, 0.15) is 0 Å². The van der Waals surface area contributed by atoms with Gasteiger partial charge in [0.15, 0.2) is 0 Å². The molecule has 10 nitrogen and oxygen atoms in total. The zero-order valence-electron chi connectivity index (χ0n) is 13.7. The lowest BCUT2D eigenvalue weighted by Gasteiger charge is -2.26. The van der Waals surface area contributed by atoms with Gasteiger partial charge in [0.1, 0.15) is 0 Å². The second-order valence-electron chi connectivity index (χ2n) is 4.35. The van der Waals surface area contributed by atoms with E-state index in [1.165, 1.54) is 14.2 Å². The van der Waals surface area contributed by atoms with Gasteiger partial charge in [0.25, 0.3) is 0 Å². The molecule has 0 saturated carbocycles. The molecule has 0 bridgehead atoms. The van der Waals surface area contributed by atoms with Crippen molar-refractivity contribution < 1.29 is 14.2 Å². The molecule has 1 aliphatic rings. The molecule has 1 fully saturated rings. The monoisotopic (exact) mass is 445 g/mol. The van der Waals surface area contributed by atoms with Gasteiger partial charge in [-0.2, -0.15) is 24.9 Å². The number of nitrogens with zero attached hydrogens (tertiary/aromatic N) is 7. The van der Waals surface area contributed by atoms with E-state index in [0.717, 1.165) is 13.1 Å². The van der Waals surface area contributed by atoms with E-state index in [1.807, 2.05) is 4.90 Å². The third-order valence-corrected chi connectivity index (χ3v) is 3.30. The minimum Gasteiger partial charge on any atom is -0.467 e. The van der Waals surface area contributed by atoms with Gasteiger partial charge >= 0.3 is 12.0 Å². The van der Waals surface area contributed by atoms with Crippen LogP contribution in [0.5, 0.6) is 12.0 Å². The highest BCUT2D eigenvalue weighted by Gasteiger charge is 2.16. The molecule has 2 aromatic heterocycles. The SMILES string of the molecule is COc1nc(OC)nc(N2CCOCC2)n1.Cl.Clc1nc(Cl)nc(Cl)n1. The Balaban J connectivity index is 0.000000290. The quantitative estimate of drug-likeness (QED) is 0.693. The number of aromatic nitrogens is 6. The van der Waals surface area contributed by atoms with Crippen molar-refractivity contribution in [3.8, 4) is 12.0 Å². The van der Waals surface area contributed by atoms with Gasteiger partial charge in [-0.25, -0.2) is 0 Å². The first-order valence-corrected chi connectivity index (χ1v) is 8.04. The number of ether oxygens (including phenoxy) is 3. The van der Waals surface area contributed by atoms with Crippen LogP contribution in [0, 0.1) is 0 Å². The lowest BCUT2D eigenvalue weighted by atomic mass is 10.4. The molecule has 0 aromatic carbocycles. The summed E-state index contributed by atoms with van der Waals surface area (Å²) in [4.78, 5) is 24.7. The second kappa shape index (κ2) is 11.3. The topological polar surface area (TPSA) is 108 Å². The van der Waals surface area contributed by atoms with Crippen LogP contribution in [0.15, 0.2) is 0 Å². The molecule has 144 valence electrons. The van der Waals surface area contributed by atoms with Crippen LogP contribution in [-0.4, -0.2) is 70.4 Å². The maximum absolute atomic E-state index is 5.32. The predicted octanol–water partition coefficient (Wildman–Crippen LogP) is 1.98. The predicted molar refractivity (Wildman–Crippen MR) is 98.1 cm³/mol. The molecular formula is C12H15Cl4N7O3. The Bertz CT molecular complexity index is 634. The first-order chi connectivity index (χ1) is 12.0. The summed E-state index contributed by atoms with van der Waals surface area (Å²) in [5.41, 5.74) is 0. The first-order valence-electron chi connectivity index (χ1n) is 6.91. The van der Waals surface area contributed by atoms with E-state index in [4.69, 9.17) is 49.0 Å². The van der Waals surface area contributed by atoms with Crippen molar-refractivity contribution in [2.75, 3.05) is 45.4 Å². The Kier molecular flexibility index (Phi) is 9.81. The van der Waals surface area contributed by atoms with Crippen molar-refractivity contribution >= 4 is 53.2 Å². The Morgan fingerprint density at radius 3 is 1.58 bits per heavy atom. The van der Waals surface area contributed by atoms with E-state index < -0.39 is 0 Å². The molecule has 3 heterocycles. The molecule has 26 heavy (non-hydrogen) atoms. The molecule has 2 aromatic rings. The zero-order valence-corrected chi connectivity index (χ0v) is 16.8. The van der Waals surface area contributed by atoms with Gasteiger partial charge in [-0.1, -0.05) is 0 Å². The average molecular weight is 447 g/mol. The summed E-state index contributed by atoms with van der Waals surface area (Å²) in [6.07, 6.45) is 0. The summed E-state index contributed by atoms with van der Waals surface area (Å²) in [7, 11) is 3.02. The zero-order chi connectivity index (χ0) is 18.2. The molecule has 1 saturated heterocycles. The van der Waals surface area contributed by atoms with Crippen LogP contribution < -0.4 is 14.4 Å². The molecular weight excluding hydrogens is 432 g/mol. The summed E-state index contributed by atoms with van der Waals surface area (Å²) < 4.78 is 15.2. The lowest BCUT2D eigenvalue weighted by Crippen LogP contribution is -2.37. The van der Waals surface area contributed by atoms with Crippen molar-refractivity contribution in [1.82, 2.24) is 29.9 Å². The maximum Gasteiger partial charge on any atom is 0.324 e. The highest BCUT2D eigenvalue weighted by atomic mass is 35.5. The number of methoxy groups -OCH3 is 2. The van der Waals surface area contributed by atoms with Gasteiger partial charge in [0.05, 0.1) is 27.4 Å². The van der Waals surface area contributed by atoms with E-state index in [-0.39, 0.29) is 40.3 Å². The van der Waals surface area contributed by atoms with Crippen molar-refractivity contribution in [1.29, 1.82) is 0 Å². The fourth-order valence-corrected chi connectivity index (χ4v) is 2.33. The fourth-order valence-electron chi connectivity index (χ4n) is 1.72. The van der Waals surface area contributed by atoms with Crippen LogP contribution in [0.3, 0.4) is 0 Å². The molecule has 0 N–H and O–H groups in total. The van der Waals surface area contributed by atoms with E-state index >= 15 is 0 Å². The molecule has 3 rings (SSSR count). The summed E-state index contributed by atoms with van der Waals surface area (Å²) in [5.74, 6) is 0.562. The Morgan fingerprint density at radius 1 is 0.769 bits per heavy atom. The van der Waals surface area contributed by atoms with Crippen LogP contribution in [0.4, 0.5) is 5.95 Å². The highest BCUT2D eigenvalue weighted by molar-refractivity contribution is 6.33. The third-order valence-electron chi connectivity index (χ3n) is 2.80. The Morgan fingerprint density at radius 2 is 1.19 bits per heavy atom. The number of anilines is 1. The van der Waals surface area contributed by atoms with Gasteiger partial charge in [-0.15, -0.1) is 17.4 Å². The van der Waals surface area contributed by atoms with E-state index in [1.54, 1.807) is 0 Å². The first kappa shape index (κ1) is 22.6. The minimum atomic E-state index is 0.